The highest BCUT2D eigenvalue weighted by molar-refractivity contribution is 7.91. The summed E-state index contributed by atoms with van der Waals surface area (Å²) in [6.07, 6.45) is -0.239. The van der Waals surface area contributed by atoms with Crippen molar-refractivity contribution >= 4 is 27.4 Å². The molecule has 0 saturated heterocycles. The molecule has 0 aliphatic heterocycles. The standard InChI is InChI=1S/C20H23NO6S/c1-14(2)27-20(23)16-6-4-15(5-7-16)12-28(24,25)13-19(22)21-17-8-10-18(26-3)11-9-17/h4-11,14H,12-13H2,1-3H3,(H,21,22). The fraction of sp³-hybridized carbons (Fsp3) is 0.300. The summed E-state index contributed by atoms with van der Waals surface area (Å²) >= 11 is 0. The van der Waals surface area contributed by atoms with Crippen LogP contribution in [0.15, 0.2) is 48.5 Å². The first kappa shape index (κ1) is 21.4. The average Bonchev–Trinajstić information content (AvgIpc) is 2.61. The zero-order chi connectivity index (χ0) is 20.7. The fourth-order valence-corrected chi connectivity index (χ4v) is 3.67. The summed E-state index contributed by atoms with van der Waals surface area (Å²) in [5, 5.41) is 2.54. The van der Waals surface area contributed by atoms with Crippen LogP contribution in [0.2, 0.25) is 0 Å². The van der Waals surface area contributed by atoms with Crippen molar-refractivity contribution in [3.8, 4) is 5.75 Å². The first-order valence-corrected chi connectivity index (χ1v) is 10.4. The van der Waals surface area contributed by atoms with Crippen LogP contribution in [0.3, 0.4) is 0 Å². The Labute approximate surface area is 164 Å². The van der Waals surface area contributed by atoms with Gasteiger partial charge < -0.3 is 14.8 Å². The van der Waals surface area contributed by atoms with Gasteiger partial charge in [-0.1, -0.05) is 12.1 Å². The SMILES string of the molecule is COc1ccc(NC(=O)CS(=O)(=O)Cc2ccc(C(=O)OC(C)C)cc2)cc1. The Balaban J connectivity index is 1.95. The number of hydrogen-bond acceptors (Lipinski definition) is 6. The largest absolute Gasteiger partial charge is 0.497 e. The molecule has 1 amide bonds. The van der Waals surface area contributed by atoms with Gasteiger partial charge in [0.15, 0.2) is 9.84 Å². The van der Waals surface area contributed by atoms with E-state index in [9.17, 15) is 18.0 Å². The number of hydrogen-bond donors (Lipinski definition) is 1. The number of anilines is 1. The number of carbonyl (C=O) groups excluding carboxylic acids is 2. The van der Waals surface area contributed by atoms with Crippen molar-refractivity contribution in [2.24, 2.45) is 0 Å². The molecular weight excluding hydrogens is 382 g/mol. The van der Waals surface area contributed by atoms with Gasteiger partial charge in [0.2, 0.25) is 5.91 Å². The van der Waals surface area contributed by atoms with E-state index >= 15 is 0 Å². The molecule has 2 rings (SSSR count). The number of rotatable bonds is 8. The molecule has 0 atom stereocenters. The molecule has 0 saturated carbocycles. The number of methoxy groups -OCH3 is 1. The van der Waals surface area contributed by atoms with E-state index in [1.165, 1.54) is 31.4 Å². The Bertz CT molecular complexity index is 918. The molecule has 0 aromatic heterocycles. The van der Waals surface area contributed by atoms with E-state index in [0.29, 0.717) is 22.6 Å². The molecule has 8 heteroatoms. The van der Waals surface area contributed by atoms with E-state index in [1.807, 2.05) is 0 Å². The van der Waals surface area contributed by atoms with Crippen LogP contribution in [0.1, 0.15) is 29.8 Å². The highest BCUT2D eigenvalue weighted by Crippen LogP contribution is 2.15. The minimum Gasteiger partial charge on any atom is -0.497 e. The molecule has 0 unspecified atom stereocenters. The number of sulfone groups is 1. The third kappa shape index (κ3) is 6.70. The highest BCUT2D eigenvalue weighted by Gasteiger charge is 2.18. The summed E-state index contributed by atoms with van der Waals surface area (Å²) < 4.78 is 34.7. The van der Waals surface area contributed by atoms with Crippen LogP contribution in [-0.4, -0.2) is 39.3 Å². The third-order valence-electron chi connectivity index (χ3n) is 3.64. The van der Waals surface area contributed by atoms with E-state index in [2.05, 4.69) is 5.32 Å². The average molecular weight is 405 g/mol. The van der Waals surface area contributed by atoms with Crippen molar-refractivity contribution in [2.45, 2.75) is 25.7 Å². The lowest BCUT2D eigenvalue weighted by atomic mass is 10.1. The van der Waals surface area contributed by atoms with Crippen LogP contribution in [-0.2, 0) is 25.1 Å². The van der Waals surface area contributed by atoms with E-state index in [1.54, 1.807) is 38.1 Å². The van der Waals surface area contributed by atoms with Crippen LogP contribution >= 0.6 is 0 Å². The fourth-order valence-electron chi connectivity index (χ4n) is 2.40. The van der Waals surface area contributed by atoms with Gasteiger partial charge in [-0.05, 0) is 55.8 Å². The van der Waals surface area contributed by atoms with Gasteiger partial charge in [0, 0.05) is 5.69 Å². The van der Waals surface area contributed by atoms with Crippen molar-refractivity contribution < 1.29 is 27.5 Å². The normalized spacial score (nSPS) is 11.1. The number of nitrogens with one attached hydrogen (secondary N) is 1. The summed E-state index contributed by atoms with van der Waals surface area (Å²) in [5.74, 6) is -1.41. The minimum absolute atomic E-state index is 0.239. The Morgan fingerprint density at radius 1 is 1.00 bits per heavy atom. The number of amides is 1. The first-order valence-electron chi connectivity index (χ1n) is 8.63. The van der Waals surface area contributed by atoms with Gasteiger partial charge in [-0.2, -0.15) is 0 Å². The van der Waals surface area contributed by atoms with Crippen molar-refractivity contribution in [1.82, 2.24) is 0 Å². The molecule has 7 nitrogen and oxygen atoms in total. The molecule has 0 aliphatic carbocycles. The quantitative estimate of drug-likeness (QED) is 0.678. The molecule has 0 bridgehead atoms. The van der Waals surface area contributed by atoms with Gasteiger partial charge in [0.1, 0.15) is 11.5 Å². The molecule has 0 heterocycles. The maximum atomic E-state index is 12.3. The second-order valence-electron chi connectivity index (χ2n) is 6.46. The van der Waals surface area contributed by atoms with Crippen LogP contribution in [0.25, 0.3) is 0 Å². The summed E-state index contributed by atoms with van der Waals surface area (Å²) in [4.78, 5) is 23.8. The second kappa shape index (κ2) is 9.36. The summed E-state index contributed by atoms with van der Waals surface area (Å²) in [5.41, 5.74) is 1.31. The third-order valence-corrected chi connectivity index (χ3v) is 5.12. The van der Waals surface area contributed by atoms with Crippen molar-refractivity contribution in [2.75, 3.05) is 18.2 Å². The Hall–Kier alpha value is -2.87. The maximum Gasteiger partial charge on any atom is 0.338 e. The van der Waals surface area contributed by atoms with Gasteiger partial charge >= 0.3 is 5.97 Å². The van der Waals surface area contributed by atoms with Gasteiger partial charge in [0.25, 0.3) is 0 Å². The summed E-state index contributed by atoms with van der Waals surface area (Å²) in [7, 11) is -2.14. The molecule has 150 valence electrons. The molecule has 1 N–H and O–H groups in total. The first-order chi connectivity index (χ1) is 13.2. The summed E-state index contributed by atoms with van der Waals surface area (Å²) in [6, 6.07) is 12.7. The number of benzene rings is 2. The molecule has 0 spiro atoms. The zero-order valence-electron chi connectivity index (χ0n) is 16.0. The molecule has 2 aromatic carbocycles. The molecular formula is C20H23NO6S. The van der Waals surface area contributed by atoms with Gasteiger partial charge in [-0.25, -0.2) is 13.2 Å². The van der Waals surface area contributed by atoms with Crippen molar-refractivity contribution in [3.63, 3.8) is 0 Å². The predicted molar refractivity (Wildman–Crippen MR) is 106 cm³/mol. The lowest BCUT2D eigenvalue weighted by Crippen LogP contribution is -2.24. The van der Waals surface area contributed by atoms with E-state index in [-0.39, 0.29) is 11.9 Å². The lowest BCUT2D eigenvalue weighted by molar-refractivity contribution is -0.113. The maximum absolute atomic E-state index is 12.3. The van der Waals surface area contributed by atoms with E-state index in [4.69, 9.17) is 9.47 Å². The smallest absolute Gasteiger partial charge is 0.338 e. The van der Waals surface area contributed by atoms with E-state index in [0.717, 1.165) is 0 Å². The van der Waals surface area contributed by atoms with Crippen LogP contribution < -0.4 is 10.1 Å². The van der Waals surface area contributed by atoms with Crippen molar-refractivity contribution in [1.29, 1.82) is 0 Å². The Morgan fingerprint density at radius 3 is 2.14 bits per heavy atom. The van der Waals surface area contributed by atoms with Crippen LogP contribution in [0.4, 0.5) is 5.69 Å². The lowest BCUT2D eigenvalue weighted by Gasteiger charge is -2.09. The topological polar surface area (TPSA) is 98.8 Å². The Morgan fingerprint density at radius 2 is 1.61 bits per heavy atom. The molecule has 28 heavy (non-hydrogen) atoms. The van der Waals surface area contributed by atoms with E-state index < -0.39 is 27.5 Å². The van der Waals surface area contributed by atoms with Gasteiger partial charge in [-0.3, -0.25) is 4.79 Å². The monoisotopic (exact) mass is 405 g/mol. The molecule has 2 aromatic rings. The van der Waals surface area contributed by atoms with Crippen LogP contribution in [0, 0.1) is 0 Å². The molecule has 0 radical (unpaired) electrons. The number of esters is 1. The zero-order valence-corrected chi connectivity index (χ0v) is 16.8. The Kier molecular flexibility index (Phi) is 7.17. The van der Waals surface area contributed by atoms with Crippen molar-refractivity contribution in [3.05, 3.63) is 59.7 Å². The minimum atomic E-state index is -3.67. The number of carbonyl (C=O) groups is 2. The molecule has 0 fully saturated rings. The number of ether oxygens (including phenoxy) is 2. The molecule has 0 aliphatic rings. The van der Waals surface area contributed by atoms with Crippen LogP contribution in [0.5, 0.6) is 5.75 Å². The summed E-state index contributed by atoms with van der Waals surface area (Å²) in [6.45, 7) is 3.49. The highest BCUT2D eigenvalue weighted by atomic mass is 32.2. The predicted octanol–water partition coefficient (Wildman–Crippen LogP) is 2.81. The second-order valence-corrected chi connectivity index (χ2v) is 8.52. The van der Waals surface area contributed by atoms with Gasteiger partial charge in [-0.15, -0.1) is 0 Å². The van der Waals surface area contributed by atoms with Gasteiger partial charge in [0.05, 0.1) is 24.5 Å².